The summed E-state index contributed by atoms with van der Waals surface area (Å²) in [5.41, 5.74) is 5.51. The summed E-state index contributed by atoms with van der Waals surface area (Å²) in [6, 6.07) is 6.36. The van der Waals surface area contributed by atoms with Gasteiger partial charge in [-0.1, -0.05) is 0 Å². The van der Waals surface area contributed by atoms with E-state index in [0.717, 1.165) is 6.07 Å². The van der Waals surface area contributed by atoms with Gasteiger partial charge < -0.3 is 10.2 Å². The van der Waals surface area contributed by atoms with Crippen molar-refractivity contribution in [2.24, 2.45) is 5.73 Å². The van der Waals surface area contributed by atoms with Crippen molar-refractivity contribution in [3.63, 3.8) is 0 Å². The van der Waals surface area contributed by atoms with Gasteiger partial charge in [0.1, 0.15) is 17.3 Å². The maximum atomic E-state index is 13.7. The van der Waals surface area contributed by atoms with E-state index >= 15 is 0 Å². The molecule has 0 radical (unpaired) electrons. The molecule has 0 bridgehead atoms. The van der Waals surface area contributed by atoms with Gasteiger partial charge in [0.2, 0.25) is 0 Å². The maximum Gasteiger partial charge on any atom is 0.272 e. The van der Waals surface area contributed by atoms with E-state index in [1.807, 2.05) is 0 Å². The number of nitro groups is 1. The summed E-state index contributed by atoms with van der Waals surface area (Å²) in [5, 5.41) is 10.5. The predicted octanol–water partition coefficient (Wildman–Crippen LogP) is 3.01. The molecule has 0 saturated heterocycles. The van der Waals surface area contributed by atoms with Crippen LogP contribution in [-0.2, 0) is 0 Å². The van der Waals surface area contributed by atoms with E-state index in [1.165, 1.54) is 12.1 Å². The molecule has 0 aliphatic rings. The van der Waals surface area contributed by atoms with E-state index in [9.17, 15) is 14.5 Å². The van der Waals surface area contributed by atoms with Gasteiger partial charge in [-0.2, -0.15) is 0 Å². The van der Waals surface area contributed by atoms with Crippen LogP contribution in [0.1, 0.15) is 18.7 Å². The third kappa shape index (κ3) is 2.23. The Kier molecular flexibility index (Phi) is 3.12. The van der Waals surface area contributed by atoms with Gasteiger partial charge in [-0.3, -0.25) is 10.1 Å². The number of nitrogens with zero attached hydrogens (tertiary/aromatic N) is 1. The molecule has 1 atom stereocenters. The standard InChI is InChI=1S/C12H11FN2O3/c1-7(14)11-4-5-12(18-11)9-3-2-8(15(16)17)6-10(9)13/h2-7H,14H2,1H3. The highest BCUT2D eigenvalue weighted by Crippen LogP contribution is 2.29. The molecule has 2 rings (SSSR count). The van der Waals surface area contributed by atoms with Gasteiger partial charge in [-0.25, -0.2) is 4.39 Å². The van der Waals surface area contributed by atoms with E-state index in [0.29, 0.717) is 11.5 Å². The van der Waals surface area contributed by atoms with Crippen molar-refractivity contribution in [3.8, 4) is 11.3 Å². The Morgan fingerprint density at radius 1 is 1.39 bits per heavy atom. The molecule has 0 amide bonds. The molecule has 5 nitrogen and oxygen atoms in total. The first kappa shape index (κ1) is 12.3. The van der Waals surface area contributed by atoms with Crippen LogP contribution >= 0.6 is 0 Å². The van der Waals surface area contributed by atoms with Gasteiger partial charge in [-0.05, 0) is 25.1 Å². The number of furan rings is 1. The molecule has 94 valence electrons. The molecule has 0 fully saturated rings. The Balaban J connectivity index is 2.41. The fourth-order valence-electron chi connectivity index (χ4n) is 1.56. The number of rotatable bonds is 3. The monoisotopic (exact) mass is 250 g/mol. The number of halogens is 1. The van der Waals surface area contributed by atoms with Gasteiger partial charge in [0.05, 0.1) is 22.6 Å². The lowest BCUT2D eigenvalue weighted by atomic mass is 10.1. The molecule has 2 N–H and O–H groups in total. The van der Waals surface area contributed by atoms with Crippen LogP contribution < -0.4 is 5.73 Å². The third-order valence-corrected chi connectivity index (χ3v) is 2.50. The fourth-order valence-corrected chi connectivity index (χ4v) is 1.56. The summed E-state index contributed by atoms with van der Waals surface area (Å²) < 4.78 is 19.1. The first-order chi connectivity index (χ1) is 8.49. The topological polar surface area (TPSA) is 82.3 Å². The van der Waals surface area contributed by atoms with E-state index in [2.05, 4.69) is 0 Å². The Morgan fingerprint density at radius 3 is 2.61 bits per heavy atom. The van der Waals surface area contributed by atoms with Gasteiger partial charge in [-0.15, -0.1) is 0 Å². The zero-order valence-electron chi connectivity index (χ0n) is 9.59. The summed E-state index contributed by atoms with van der Waals surface area (Å²) >= 11 is 0. The van der Waals surface area contributed by atoms with Crippen molar-refractivity contribution >= 4 is 5.69 Å². The minimum absolute atomic E-state index is 0.174. The molecule has 2 aromatic rings. The lowest BCUT2D eigenvalue weighted by Crippen LogP contribution is -2.02. The lowest BCUT2D eigenvalue weighted by molar-refractivity contribution is -0.385. The average molecular weight is 250 g/mol. The van der Waals surface area contributed by atoms with Gasteiger partial charge in [0, 0.05) is 6.07 Å². The predicted molar refractivity (Wildman–Crippen MR) is 63.4 cm³/mol. The number of nitrogens with two attached hydrogens (primary N) is 1. The molecule has 6 heteroatoms. The lowest BCUT2D eigenvalue weighted by Gasteiger charge is -2.01. The van der Waals surface area contributed by atoms with Gasteiger partial charge in [0.15, 0.2) is 0 Å². The summed E-state index contributed by atoms with van der Waals surface area (Å²) in [6.07, 6.45) is 0. The second kappa shape index (κ2) is 4.58. The number of hydrogen-bond donors (Lipinski definition) is 1. The summed E-state index contributed by atoms with van der Waals surface area (Å²) in [5.74, 6) is 0.132. The largest absolute Gasteiger partial charge is 0.459 e. The van der Waals surface area contributed by atoms with Crippen LogP contribution in [0.25, 0.3) is 11.3 Å². The van der Waals surface area contributed by atoms with Crippen molar-refractivity contribution in [1.82, 2.24) is 0 Å². The molecule has 1 heterocycles. The number of hydrogen-bond acceptors (Lipinski definition) is 4. The highest BCUT2D eigenvalue weighted by molar-refractivity contribution is 5.60. The van der Waals surface area contributed by atoms with Crippen LogP contribution in [0.3, 0.4) is 0 Å². The van der Waals surface area contributed by atoms with E-state index in [4.69, 9.17) is 10.2 Å². The Hall–Kier alpha value is -2.21. The minimum atomic E-state index is -0.699. The molecule has 0 spiro atoms. The quantitative estimate of drug-likeness (QED) is 0.670. The average Bonchev–Trinajstić information content (AvgIpc) is 2.78. The van der Waals surface area contributed by atoms with Crippen LogP contribution in [0.4, 0.5) is 10.1 Å². The summed E-state index contributed by atoms with van der Waals surface area (Å²) in [4.78, 5) is 9.84. The van der Waals surface area contributed by atoms with Crippen molar-refractivity contribution in [1.29, 1.82) is 0 Å². The maximum absolute atomic E-state index is 13.7. The van der Waals surface area contributed by atoms with Crippen LogP contribution in [0, 0.1) is 15.9 Å². The first-order valence-electron chi connectivity index (χ1n) is 5.28. The Bertz CT molecular complexity index is 593. The van der Waals surface area contributed by atoms with Crippen molar-refractivity contribution < 1.29 is 13.7 Å². The van der Waals surface area contributed by atoms with E-state index in [1.54, 1.807) is 19.1 Å². The Morgan fingerprint density at radius 2 is 2.11 bits per heavy atom. The molecule has 0 aliphatic carbocycles. The summed E-state index contributed by atoms with van der Waals surface area (Å²) in [7, 11) is 0. The second-order valence-electron chi connectivity index (χ2n) is 3.91. The number of nitro benzene ring substituents is 1. The van der Waals surface area contributed by atoms with E-state index in [-0.39, 0.29) is 17.3 Å². The molecule has 1 unspecified atom stereocenters. The normalized spacial score (nSPS) is 12.4. The SMILES string of the molecule is CC(N)c1ccc(-c2ccc([N+](=O)[O-])cc2F)o1. The van der Waals surface area contributed by atoms with Crippen LogP contribution in [0.15, 0.2) is 34.7 Å². The molecular formula is C12H11FN2O3. The van der Waals surface area contributed by atoms with Crippen molar-refractivity contribution in [2.45, 2.75) is 13.0 Å². The molecule has 1 aromatic heterocycles. The highest BCUT2D eigenvalue weighted by Gasteiger charge is 2.15. The third-order valence-electron chi connectivity index (χ3n) is 2.50. The number of non-ortho nitro benzene ring substituents is 1. The molecule has 0 saturated carbocycles. The highest BCUT2D eigenvalue weighted by atomic mass is 19.1. The zero-order chi connectivity index (χ0) is 13.3. The van der Waals surface area contributed by atoms with Crippen molar-refractivity contribution in [3.05, 3.63) is 52.0 Å². The molecule has 18 heavy (non-hydrogen) atoms. The van der Waals surface area contributed by atoms with Crippen molar-refractivity contribution in [2.75, 3.05) is 0 Å². The minimum Gasteiger partial charge on any atom is -0.459 e. The summed E-state index contributed by atoms with van der Waals surface area (Å²) in [6.45, 7) is 1.74. The van der Waals surface area contributed by atoms with Crippen LogP contribution in [-0.4, -0.2) is 4.92 Å². The smallest absolute Gasteiger partial charge is 0.272 e. The van der Waals surface area contributed by atoms with Gasteiger partial charge >= 0.3 is 0 Å². The molecule has 1 aromatic carbocycles. The first-order valence-corrected chi connectivity index (χ1v) is 5.28. The van der Waals surface area contributed by atoms with Crippen LogP contribution in [0.2, 0.25) is 0 Å². The molecular weight excluding hydrogens is 239 g/mol. The second-order valence-corrected chi connectivity index (χ2v) is 3.91. The van der Waals surface area contributed by atoms with Crippen LogP contribution in [0.5, 0.6) is 0 Å². The zero-order valence-corrected chi connectivity index (χ0v) is 9.59. The molecule has 0 aliphatic heterocycles. The van der Waals surface area contributed by atoms with Gasteiger partial charge in [0.25, 0.3) is 5.69 Å². The number of benzene rings is 1. The fraction of sp³-hybridized carbons (Fsp3) is 0.167. The Labute approximate surface area is 102 Å². The van der Waals surface area contributed by atoms with E-state index < -0.39 is 10.7 Å².